The highest BCUT2D eigenvalue weighted by atomic mass is 16.1. The van der Waals surface area contributed by atoms with Crippen molar-refractivity contribution in [1.82, 2.24) is 19.5 Å². The fourth-order valence-corrected chi connectivity index (χ4v) is 1.84. The average molecular weight is 241 g/mol. The van der Waals surface area contributed by atoms with Gasteiger partial charge >= 0.3 is 0 Å². The minimum absolute atomic E-state index is 0.245. The molecule has 0 fully saturated rings. The number of anilines is 1. The number of fused-ring (bicyclic) bond motifs is 1. The SMILES string of the molecule is Cc1cc(-n2cnc3c(=O)[nH]cnc32)ccc1N. The standard InChI is InChI=1S/C12H11N5O/c1-7-4-8(2-3-9(7)13)17-6-16-10-11(17)14-5-15-12(10)18/h2-6H,13H2,1H3,(H,14,15,18). The molecule has 6 nitrogen and oxygen atoms in total. The number of hydrogen-bond acceptors (Lipinski definition) is 4. The highest BCUT2D eigenvalue weighted by molar-refractivity contribution is 5.71. The number of aromatic amines is 1. The molecule has 3 rings (SSSR count). The van der Waals surface area contributed by atoms with Gasteiger partial charge in [-0.3, -0.25) is 9.36 Å². The Hall–Kier alpha value is -2.63. The number of H-pyrrole nitrogens is 1. The number of aryl methyl sites for hydroxylation is 1. The van der Waals surface area contributed by atoms with E-state index in [1.165, 1.54) is 6.33 Å². The smallest absolute Gasteiger partial charge is 0.278 e. The molecule has 0 saturated carbocycles. The molecule has 0 amide bonds. The number of nitrogens with two attached hydrogens (primary N) is 1. The molecular formula is C12H11N5O. The summed E-state index contributed by atoms with van der Waals surface area (Å²) in [6.45, 7) is 1.93. The number of hydrogen-bond donors (Lipinski definition) is 2. The summed E-state index contributed by atoms with van der Waals surface area (Å²) in [5, 5.41) is 0. The summed E-state index contributed by atoms with van der Waals surface area (Å²) in [6.07, 6.45) is 2.95. The minimum atomic E-state index is -0.245. The van der Waals surface area contributed by atoms with Crippen molar-refractivity contribution in [2.24, 2.45) is 0 Å². The molecule has 0 radical (unpaired) electrons. The van der Waals surface area contributed by atoms with Crippen LogP contribution in [0.15, 0.2) is 35.6 Å². The van der Waals surface area contributed by atoms with Crippen LogP contribution in [0.3, 0.4) is 0 Å². The van der Waals surface area contributed by atoms with E-state index in [0.717, 1.165) is 16.9 Å². The summed E-state index contributed by atoms with van der Waals surface area (Å²) < 4.78 is 1.76. The number of nitrogens with one attached hydrogen (secondary N) is 1. The quantitative estimate of drug-likeness (QED) is 0.622. The third kappa shape index (κ3) is 1.46. The van der Waals surface area contributed by atoms with Gasteiger partial charge in [-0.05, 0) is 30.7 Å². The lowest BCUT2D eigenvalue weighted by atomic mass is 10.2. The van der Waals surface area contributed by atoms with Crippen molar-refractivity contribution in [2.45, 2.75) is 6.92 Å². The number of rotatable bonds is 1. The van der Waals surface area contributed by atoms with Crippen LogP contribution in [0.2, 0.25) is 0 Å². The first-order valence-electron chi connectivity index (χ1n) is 5.44. The Labute approximate surface area is 102 Å². The largest absolute Gasteiger partial charge is 0.399 e. The molecule has 18 heavy (non-hydrogen) atoms. The topological polar surface area (TPSA) is 89.6 Å². The molecular weight excluding hydrogens is 230 g/mol. The predicted molar refractivity (Wildman–Crippen MR) is 68.6 cm³/mol. The lowest BCUT2D eigenvalue weighted by Gasteiger charge is -2.06. The van der Waals surface area contributed by atoms with Gasteiger partial charge in [-0.25, -0.2) is 9.97 Å². The number of aromatic nitrogens is 4. The minimum Gasteiger partial charge on any atom is -0.399 e. The summed E-state index contributed by atoms with van der Waals surface area (Å²) in [5.41, 5.74) is 8.97. The molecule has 1 aromatic carbocycles. The van der Waals surface area contributed by atoms with Crippen LogP contribution in [0.25, 0.3) is 16.9 Å². The molecule has 0 aliphatic carbocycles. The van der Waals surface area contributed by atoms with Crippen molar-refractivity contribution in [3.63, 3.8) is 0 Å². The molecule has 2 aromatic heterocycles. The van der Waals surface area contributed by atoms with Gasteiger partial charge in [-0.2, -0.15) is 0 Å². The van der Waals surface area contributed by atoms with Crippen LogP contribution in [0.4, 0.5) is 5.69 Å². The molecule has 0 spiro atoms. The van der Waals surface area contributed by atoms with Crippen molar-refractivity contribution in [3.8, 4) is 5.69 Å². The first-order valence-corrected chi connectivity index (χ1v) is 5.44. The van der Waals surface area contributed by atoms with Crippen molar-refractivity contribution < 1.29 is 0 Å². The first kappa shape index (κ1) is 10.5. The van der Waals surface area contributed by atoms with E-state index < -0.39 is 0 Å². The third-order valence-electron chi connectivity index (χ3n) is 2.87. The fraction of sp³-hybridized carbons (Fsp3) is 0.0833. The van der Waals surface area contributed by atoms with Crippen LogP contribution >= 0.6 is 0 Å². The van der Waals surface area contributed by atoms with E-state index in [1.807, 2.05) is 25.1 Å². The maximum atomic E-state index is 11.6. The van der Waals surface area contributed by atoms with Gasteiger partial charge in [0.15, 0.2) is 11.2 Å². The van der Waals surface area contributed by atoms with Crippen LogP contribution in [0, 0.1) is 6.92 Å². The fourth-order valence-electron chi connectivity index (χ4n) is 1.84. The third-order valence-corrected chi connectivity index (χ3v) is 2.87. The maximum absolute atomic E-state index is 11.6. The van der Waals surface area contributed by atoms with E-state index in [9.17, 15) is 4.79 Å². The number of nitrogen functional groups attached to an aromatic ring is 1. The van der Waals surface area contributed by atoms with E-state index in [2.05, 4.69) is 15.0 Å². The molecule has 0 aliphatic heterocycles. The lowest BCUT2D eigenvalue weighted by Crippen LogP contribution is -2.07. The number of benzene rings is 1. The molecule has 90 valence electrons. The van der Waals surface area contributed by atoms with Crippen molar-refractivity contribution in [2.75, 3.05) is 5.73 Å². The molecule has 0 aliphatic rings. The zero-order chi connectivity index (χ0) is 12.7. The average Bonchev–Trinajstić information content (AvgIpc) is 2.78. The second-order valence-corrected chi connectivity index (χ2v) is 4.06. The van der Waals surface area contributed by atoms with Gasteiger partial charge in [0.1, 0.15) is 6.33 Å². The van der Waals surface area contributed by atoms with E-state index in [-0.39, 0.29) is 5.56 Å². The van der Waals surface area contributed by atoms with Crippen LogP contribution < -0.4 is 11.3 Å². The summed E-state index contributed by atoms with van der Waals surface area (Å²) in [6, 6.07) is 5.62. The molecule has 2 heterocycles. The normalized spacial score (nSPS) is 10.9. The van der Waals surface area contributed by atoms with E-state index in [0.29, 0.717) is 11.2 Å². The van der Waals surface area contributed by atoms with Crippen molar-refractivity contribution in [1.29, 1.82) is 0 Å². The molecule has 0 saturated heterocycles. The molecule has 0 atom stereocenters. The van der Waals surface area contributed by atoms with Crippen LogP contribution in [-0.4, -0.2) is 19.5 Å². The zero-order valence-corrected chi connectivity index (χ0v) is 9.71. The van der Waals surface area contributed by atoms with Crippen molar-refractivity contribution in [3.05, 3.63) is 46.8 Å². The van der Waals surface area contributed by atoms with Crippen LogP contribution in [0.1, 0.15) is 5.56 Å². The number of imidazole rings is 1. The predicted octanol–water partition coefficient (Wildman–Crippen LogP) is 0.999. The van der Waals surface area contributed by atoms with Gasteiger partial charge in [0.25, 0.3) is 5.56 Å². The van der Waals surface area contributed by atoms with Gasteiger partial charge in [-0.1, -0.05) is 0 Å². The highest BCUT2D eigenvalue weighted by Gasteiger charge is 2.09. The summed E-state index contributed by atoms with van der Waals surface area (Å²) in [4.78, 5) is 22.3. The Bertz CT molecular complexity index is 787. The molecule has 3 aromatic rings. The Morgan fingerprint density at radius 2 is 2.17 bits per heavy atom. The maximum Gasteiger partial charge on any atom is 0.278 e. The van der Waals surface area contributed by atoms with Gasteiger partial charge < -0.3 is 10.7 Å². The van der Waals surface area contributed by atoms with Crippen LogP contribution in [-0.2, 0) is 0 Å². The summed E-state index contributed by atoms with van der Waals surface area (Å²) in [7, 11) is 0. The van der Waals surface area contributed by atoms with E-state index in [1.54, 1.807) is 10.9 Å². The first-order chi connectivity index (χ1) is 8.66. The zero-order valence-electron chi connectivity index (χ0n) is 9.71. The van der Waals surface area contributed by atoms with E-state index in [4.69, 9.17) is 5.73 Å². The van der Waals surface area contributed by atoms with Gasteiger partial charge in [0.2, 0.25) is 0 Å². The second kappa shape index (κ2) is 3.69. The highest BCUT2D eigenvalue weighted by Crippen LogP contribution is 2.18. The lowest BCUT2D eigenvalue weighted by molar-refractivity contribution is 1.05. The second-order valence-electron chi connectivity index (χ2n) is 4.06. The molecule has 0 bridgehead atoms. The summed E-state index contributed by atoms with van der Waals surface area (Å²) in [5.74, 6) is 0. The Morgan fingerprint density at radius 3 is 2.94 bits per heavy atom. The van der Waals surface area contributed by atoms with Crippen LogP contribution in [0.5, 0.6) is 0 Å². The van der Waals surface area contributed by atoms with E-state index >= 15 is 0 Å². The summed E-state index contributed by atoms with van der Waals surface area (Å²) >= 11 is 0. The number of nitrogens with zero attached hydrogens (tertiary/aromatic N) is 3. The Kier molecular flexibility index (Phi) is 2.16. The van der Waals surface area contributed by atoms with Crippen molar-refractivity contribution >= 4 is 16.9 Å². The Balaban J connectivity index is 2.29. The van der Waals surface area contributed by atoms with Gasteiger partial charge in [0.05, 0.1) is 6.33 Å². The van der Waals surface area contributed by atoms with Gasteiger partial charge in [0, 0.05) is 11.4 Å². The monoisotopic (exact) mass is 241 g/mol. The molecule has 6 heteroatoms. The van der Waals surface area contributed by atoms with Gasteiger partial charge in [-0.15, -0.1) is 0 Å². The molecule has 0 unspecified atom stereocenters. The Morgan fingerprint density at radius 1 is 1.33 bits per heavy atom. The molecule has 3 N–H and O–H groups in total.